The molecule has 1 unspecified atom stereocenters. The van der Waals surface area contributed by atoms with Gasteiger partial charge in [-0.3, -0.25) is 4.79 Å². The number of rotatable bonds is 3. The number of ether oxygens (including phenoxy) is 1. The first-order valence-electron chi connectivity index (χ1n) is 7.81. The van der Waals surface area contributed by atoms with Gasteiger partial charge in [0, 0.05) is 18.8 Å². The van der Waals surface area contributed by atoms with E-state index in [2.05, 4.69) is 5.32 Å². The molecular weight excluding hydrogens is 344 g/mol. The molecule has 9 heteroatoms. The largest absolute Gasteiger partial charge is 0.450 e. The van der Waals surface area contributed by atoms with E-state index in [1.165, 1.54) is 4.90 Å². The third kappa shape index (κ3) is 4.83. The molecule has 1 fully saturated rings. The van der Waals surface area contributed by atoms with Crippen LogP contribution in [0.25, 0.3) is 0 Å². The molecule has 0 aliphatic carbocycles. The van der Waals surface area contributed by atoms with E-state index in [1.807, 2.05) is 0 Å². The molecule has 1 saturated heterocycles. The molecule has 138 valence electrons. The van der Waals surface area contributed by atoms with Gasteiger partial charge in [-0.1, -0.05) is 0 Å². The van der Waals surface area contributed by atoms with Crippen molar-refractivity contribution in [3.63, 3.8) is 0 Å². The molecule has 1 aliphatic rings. The molecule has 1 N–H and O–H groups in total. The first-order chi connectivity index (χ1) is 11.7. The summed E-state index contributed by atoms with van der Waals surface area (Å²) in [6, 6.07) is 2.21. The van der Waals surface area contributed by atoms with Crippen LogP contribution in [0.5, 0.6) is 0 Å². The van der Waals surface area contributed by atoms with E-state index in [0.717, 1.165) is 6.07 Å². The Labute approximate surface area is 141 Å². The topological polar surface area (TPSA) is 58.6 Å². The summed E-state index contributed by atoms with van der Waals surface area (Å²) in [5.41, 5.74) is -1.46. The Morgan fingerprint density at radius 1 is 1.36 bits per heavy atom. The molecule has 0 aromatic heterocycles. The molecule has 1 aromatic rings. The fraction of sp³-hybridized carbons (Fsp3) is 0.500. The maximum absolute atomic E-state index is 13.6. The zero-order valence-corrected chi connectivity index (χ0v) is 13.5. The van der Waals surface area contributed by atoms with Crippen molar-refractivity contribution in [1.82, 2.24) is 4.90 Å². The highest BCUT2D eigenvalue weighted by Crippen LogP contribution is 2.32. The van der Waals surface area contributed by atoms with Crippen molar-refractivity contribution in [3.8, 4) is 0 Å². The highest BCUT2D eigenvalue weighted by atomic mass is 19.4. The van der Waals surface area contributed by atoms with Crippen molar-refractivity contribution in [2.75, 3.05) is 25.0 Å². The number of halogens is 4. The van der Waals surface area contributed by atoms with Crippen LogP contribution in [0.4, 0.5) is 28.0 Å². The van der Waals surface area contributed by atoms with Crippen LogP contribution in [0.1, 0.15) is 25.3 Å². The number of piperidine rings is 1. The maximum atomic E-state index is 13.6. The van der Waals surface area contributed by atoms with E-state index >= 15 is 0 Å². The molecule has 1 heterocycles. The number of nitrogens with zero attached hydrogens (tertiary/aromatic N) is 1. The van der Waals surface area contributed by atoms with Crippen molar-refractivity contribution in [2.24, 2.45) is 5.92 Å². The maximum Gasteiger partial charge on any atom is 0.419 e. The van der Waals surface area contributed by atoms with Gasteiger partial charge in [0.1, 0.15) is 5.82 Å². The van der Waals surface area contributed by atoms with Crippen LogP contribution in [0.2, 0.25) is 0 Å². The first-order valence-corrected chi connectivity index (χ1v) is 7.81. The van der Waals surface area contributed by atoms with Gasteiger partial charge in [-0.15, -0.1) is 0 Å². The fourth-order valence-corrected chi connectivity index (χ4v) is 2.64. The summed E-state index contributed by atoms with van der Waals surface area (Å²) in [7, 11) is 0. The molecule has 0 radical (unpaired) electrons. The molecule has 1 aromatic carbocycles. The molecule has 0 spiro atoms. The average Bonchev–Trinajstić information content (AvgIpc) is 2.54. The number of likely N-dealkylation sites (tertiary alicyclic amines) is 1. The average molecular weight is 362 g/mol. The highest BCUT2D eigenvalue weighted by molar-refractivity contribution is 5.93. The Morgan fingerprint density at radius 2 is 2.08 bits per heavy atom. The number of alkyl halides is 3. The minimum absolute atomic E-state index is 0.0660. The summed E-state index contributed by atoms with van der Waals surface area (Å²) in [6.07, 6.45) is -4.19. The van der Waals surface area contributed by atoms with Gasteiger partial charge in [0.05, 0.1) is 18.1 Å². The van der Waals surface area contributed by atoms with E-state index in [1.54, 1.807) is 6.92 Å². The predicted octanol–water partition coefficient (Wildman–Crippen LogP) is 3.65. The SMILES string of the molecule is CCOC(=O)N1CCCC(C(=O)Nc2ccc(C(F)(F)F)c(F)c2)C1. The number of benzene rings is 1. The quantitative estimate of drug-likeness (QED) is 0.835. The van der Waals surface area contributed by atoms with Gasteiger partial charge < -0.3 is 15.0 Å². The molecule has 5 nitrogen and oxygen atoms in total. The van der Waals surface area contributed by atoms with Crippen LogP contribution in [0.15, 0.2) is 18.2 Å². The van der Waals surface area contributed by atoms with Crippen molar-refractivity contribution < 1.29 is 31.9 Å². The minimum Gasteiger partial charge on any atom is -0.450 e. The van der Waals surface area contributed by atoms with Crippen molar-refractivity contribution in [3.05, 3.63) is 29.6 Å². The van der Waals surface area contributed by atoms with Crippen LogP contribution in [0, 0.1) is 11.7 Å². The molecule has 1 aliphatic heterocycles. The van der Waals surface area contributed by atoms with Gasteiger partial charge in [0.2, 0.25) is 5.91 Å². The van der Waals surface area contributed by atoms with E-state index in [9.17, 15) is 27.2 Å². The molecule has 1 atom stereocenters. The molecule has 2 amide bonds. The second-order valence-corrected chi connectivity index (χ2v) is 5.67. The highest BCUT2D eigenvalue weighted by Gasteiger charge is 2.34. The second kappa shape index (κ2) is 7.71. The lowest BCUT2D eigenvalue weighted by Gasteiger charge is -2.31. The van der Waals surface area contributed by atoms with Crippen molar-refractivity contribution in [2.45, 2.75) is 25.9 Å². The lowest BCUT2D eigenvalue weighted by molar-refractivity contribution is -0.140. The van der Waals surface area contributed by atoms with Gasteiger partial charge in [0.15, 0.2) is 0 Å². The second-order valence-electron chi connectivity index (χ2n) is 5.67. The lowest BCUT2D eigenvalue weighted by Crippen LogP contribution is -2.44. The summed E-state index contributed by atoms with van der Waals surface area (Å²) in [5, 5.41) is 2.40. The van der Waals surface area contributed by atoms with Gasteiger partial charge in [-0.05, 0) is 38.0 Å². The third-order valence-electron chi connectivity index (χ3n) is 3.86. The van der Waals surface area contributed by atoms with Crippen LogP contribution in [0.3, 0.4) is 0 Å². The summed E-state index contributed by atoms with van der Waals surface area (Å²) in [4.78, 5) is 25.4. The van der Waals surface area contributed by atoms with E-state index in [4.69, 9.17) is 4.74 Å². The third-order valence-corrected chi connectivity index (χ3v) is 3.86. The smallest absolute Gasteiger partial charge is 0.419 e. The molecular formula is C16H18F4N2O3. The fourth-order valence-electron chi connectivity index (χ4n) is 2.64. The van der Waals surface area contributed by atoms with E-state index in [0.29, 0.717) is 31.5 Å². The zero-order valence-electron chi connectivity index (χ0n) is 13.5. The van der Waals surface area contributed by atoms with Crippen LogP contribution in [-0.2, 0) is 15.7 Å². The van der Waals surface area contributed by atoms with E-state index < -0.39 is 35.5 Å². The summed E-state index contributed by atoms with van der Waals surface area (Å²) in [5.74, 6) is -2.47. The number of amides is 2. The summed E-state index contributed by atoms with van der Waals surface area (Å²) in [6.45, 7) is 2.51. The number of carbonyl (C=O) groups is 2. The Hall–Kier alpha value is -2.32. The number of nitrogens with one attached hydrogen (secondary N) is 1. The Balaban J connectivity index is 2.02. The minimum atomic E-state index is -4.80. The van der Waals surface area contributed by atoms with Gasteiger partial charge in [-0.25, -0.2) is 9.18 Å². The molecule has 0 saturated carbocycles. The summed E-state index contributed by atoms with van der Waals surface area (Å²) < 4.78 is 56.1. The predicted molar refractivity (Wildman–Crippen MR) is 81.4 cm³/mol. The number of hydrogen-bond acceptors (Lipinski definition) is 3. The number of anilines is 1. The van der Waals surface area contributed by atoms with Crippen molar-refractivity contribution in [1.29, 1.82) is 0 Å². The van der Waals surface area contributed by atoms with Crippen LogP contribution < -0.4 is 5.32 Å². The van der Waals surface area contributed by atoms with Gasteiger partial charge in [-0.2, -0.15) is 13.2 Å². The van der Waals surface area contributed by atoms with Crippen molar-refractivity contribution >= 4 is 17.7 Å². The molecule has 0 bridgehead atoms. The Kier molecular flexibility index (Phi) is 5.86. The first kappa shape index (κ1) is 19.0. The Morgan fingerprint density at radius 3 is 2.68 bits per heavy atom. The van der Waals surface area contributed by atoms with Crippen LogP contribution >= 0.6 is 0 Å². The standard InChI is InChI=1S/C16H18F4N2O3/c1-2-25-15(24)22-7-3-4-10(9-22)14(23)21-11-5-6-12(13(17)8-11)16(18,19)20/h5-6,8,10H,2-4,7,9H2,1H3,(H,21,23). The van der Waals surface area contributed by atoms with E-state index in [-0.39, 0.29) is 18.8 Å². The normalized spacial score (nSPS) is 18.0. The number of carbonyl (C=O) groups excluding carboxylic acids is 2. The Bertz CT molecular complexity index is 649. The molecule has 2 rings (SSSR count). The zero-order chi connectivity index (χ0) is 18.6. The number of hydrogen-bond donors (Lipinski definition) is 1. The van der Waals surface area contributed by atoms with Gasteiger partial charge in [0.25, 0.3) is 0 Å². The lowest BCUT2D eigenvalue weighted by atomic mass is 9.97. The van der Waals surface area contributed by atoms with Crippen LogP contribution in [-0.4, -0.2) is 36.6 Å². The van der Waals surface area contributed by atoms with Gasteiger partial charge >= 0.3 is 12.3 Å². The molecule has 25 heavy (non-hydrogen) atoms. The summed E-state index contributed by atoms with van der Waals surface area (Å²) >= 11 is 0. The monoisotopic (exact) mass is 362 g/mol.